The summed E-state index contributed by atoms with van der Waals surface area (Å²) in [6.45, 7) is 14.4. The lowest BCUT2D eigenvalue weighted by molar-refractivity contribution is -0.163. The van der Waals surface area contributed by atoms with Crippen molar-refractivity contribution in [3.8, 4) is 6.07 Å². The minimum Gasteiger partial charge on any atom is -0.389 e. The summed E-state index contributed by atoms with van der Waals surface area (Å²) in [6.07, 6.45) is 7.83. The van der Waals surface area contributed by atoms with Crippen molar-refractivity contribution in [3.63, 3.8) is 0 Å². The Morgan fingerprint density at radius 3 is 2.44 bits per heavy atom. The third kappa shape index (κ3) is 5.30. The van der Waals surface area contributed by atoms with Crippen molar-refractivity contribution in [1.82, 2.24) is 0 Å². The molecule has 1 fully saturated rings. The van der Waals surface area contributed by atoms with E-state index in [-0.39, 0.29) is 0 Å². The molecule has 4 nitrogen and oxygen atoms in total. The van der Waals surface area contributed by atoms with Crippen LogP contribution in [0.25, 0.3) is 0 Å². The van der Waals surface area contributed by atoms with E-state index >= 15 is 0 Å². The van der Waals surface area contributed by atoms with Crippen molar-refractivity contribution < 1.29 is 9.47 Å². The smallest absolute Gasteiger partial charge is 0.173 e. The molecule has 0 amide bonds. The lowest BCUT2D eigenvalue weighted by Gasteiger charge is -2.31. The second-order valence-electron chi connectivity index (χ2n) is 5.49. The number of rotatable bonds is 2. The van der Waals surface area contributed by atoms with Crippen LogP contribution in [0, 0.1) is 11.3 Å². The van der Waals surface area contributed by atoms with Crippen LogP contribution < -0.4 is 5.73 Å². The standard InChI is InChI=1S/C11H12N2O2S.C7H10.C2H6/c12-6-8-7-1-2-11(14-3-4-15-11)5-9(7)16-10(8)13;1-4-6-7(3)5-2;1-2/h1-5,13H2;4-6H,1-2H2,3H3;1-2H3/b;7-6-;. The number of anilines is 1. The molecule has 1 aromatic rings. The monoisotopic (exact) mass is 360 g/mol. The first-order valence-electron chi connectivity index (χ1n) is 8.55. The molecule has 0 atom stereocenters. The molecule has 1 aromatic heterocycles. The van der Waals surface area contributed by atoms with E-state index < -0.39 is 5.79 Å². The predicted octanol–water partition coefficient (Wildman–Crippen LogP) is 4.76. The topological polar surface area (TPSA) is 68.3 Å². The molecule has 3 rings (SSSR count). The second kappa shape index (κ2) is 10.2. The molecule has 0 bridgehead atoms. The first kappa shape index (κ1) is 21.2. The lowest BCUT2D eigenvalue weighted by atomic mass is 9.91. The molecule has 2 heterocycles. The van der Waals surface area contributed by atoms with Crippen LogP contribution in [0.3, 0.4) is 0 Å². The fourth-order valence-electron chi connectivity index (χ4n) is 2.71. The van der Waals surface area contributed by atoms with Crippen LogP contribution in [0.2, 0.25) is 0 Å². The zero-order valence-electron chi connectivity index (χ0n) is 15.4. The van der Waals surface area contributed by atoms with Gasteiger partial charge in [0, 0.05) is 17.7 Å². The van der Waals surface area contributed by atoms with Gasteiger partial charge in [-0.25, -0.2) is 0 Å². The normalized spacial score (nSPS) is 17.3. The number of hydrogen-bond acceptors (Lipinski definition) is 5. The summed E-state index contributed by atoms with van der Waals surface area (Å²) in [6, 6.07) is 2.19. The summed E-state index contributed by atoms with van der Waals surface area (Å²) in [5.74, 6) is -0.434. The molecular weight excluding hydrogens is 332 g/mol. The van der Waals surface area contributed by atoms with Crippen LogP contribution in [-0.2, 0) is 22.3 Å². The zero-order valence-corrected chi connectivity index (χ0v) is 16.2. The Labute approximate surface area is 155 Å². The first-order chi connectivity index (χ1) is 12.0. The van der Waals surface area contributed by atoms with Gasteiger partial charge in [0.2, 0.25) is 0 Å². The number of ether oxygens (including phenoxy) is 2. The fraction of sp³-hybridized carbons (Fsp3) is 0.450. The molecule has 1 spiro atoms. The van der Waals surface area contributed by atoms with Gasteiger partial charge in [-0.2, -0.15) is 5.26 Å². The Kier molecular flexibility index (Phi) is 8.64. The van der Waals surface area contributed by atoms with E-state index in [9.17, 15) is 0 Å². The molecule has 0 radical (unpaired) electrons. The van der Waals surface area contributed by atoms with E-state index in [1.165, 1.54) is 11.3 Å². The Morgan fingerprint density at radius 2 is 1.96 bits per heavy atom. The highest BCUT2D eigenvalue weighted by molar-refractivity contribution is 7.16. The molecule has 0 saturated carbocycles. The molecule has 136 valence electrons. The molecule has 1 saturated heterocycles. The molecule has 1 aliphatic heterocycles. The van der Waals surface area contributed by atoms with Crippen LogP contribution in [0.5, 0.6) is 0 Å². The van der Waals surface area contributed by atoms with Crippen molar-refractivity contribution in [1.29, 1.82) is 5.26 Å². The Bertz CT molecular complexity index is 662. The van der Waals surface area contributed by atoms with Gasteiger partial charge in [-0.15, -0.1) is 11.3 Å². The Morgan fingerprint density at radius 1 is 1.32 bits per heavy atom. The molecule has 1 aliphatic carbocycles. The van der Waals surface area contributed by atoms with Crippen molar-refractivity contribution in [3.05, 3.63) is 53.0 Å². The molecule has 25 heavy (non-hydrogen) atoms. The average Bonchev–Trinajstić information content (AvgIpc) is 3.20. The highest BCUT2D eigenvalue weighted by atomic mass is 32.1. The van der Waals surface area contributed by atoms with Gasteiger partial charge in [0.05, 0.1) is 18.8 Å². The summed E-state index contributed by atoms with van der Waals surface area (Å²) in [4.78, 5) is 1.15. The van der Waals surface area contributed by atoms with Gasteiger partial charge in [0.1, 0.15) is 11.1 Å². The molecular formula is C20H28N2O2S. The molecule has 2 N–H and O–H groups in total. The van der Waals surface area contributed by atoms with Gasteiger partial charge in [-0.1, -0.05) is 50.8 Å². The third-order valence-electron chi connectivity index (χ3n) is 3.93. The Hall–Kier alpha value is -1.87. The largest absolute Gasteiger partial charge is 0.389 e. The quantitative estimate of drug-likeness (QED) is 0.772. The minimum atomic E-state index is -0.434. The maximum atomic E-state index is 9.03. The van der Waals surface area contributed by atoms with E-state index in [0.717, 1.165) is 35.3 Å². The van der Waals surface area contributed by atoms with Gasteiger partial charge >= 0.3 is 0 Å². The van der Waals surface area contributed by atoms with Crippen molar-refractivity contribution in [2.45, 2.75) is 45.8 Å². The highest BCUT2D eigenvalue weighted by Gasteiger charge is 2.41. The number of hydrogen-bond donors (Lipinski definition) is 1. The number of nitriles is 1. The van der Waals surface area contributed by atoms with E-state index in [0.29, 0.717) is 23.8 Å². The van der Waals surface area contributed by atoms with Gasteiger partial charge in [0.25, 0.3) is 0 Å². The van der Waals surface area contributed by atoms with Crippen LogP contribution in [0.4, 0.5) is 5.00 Å². The number of nitrogens with two attached hydrogens (primary N) is 1. The van der Waals surface area contributed by atoms with Crippen LogP contribution in [0.1, 0.15) is 43.2 Å². The van der Waals surface area contributed by atoms with Crippen molar-refractivity contribution in [2.75, 3.05) is 18.9 Å². The van der Waals surface area contributed by atoms with Crippen molar-refractivity contribution in [2.24, 2.45) is 0 Å². The zero-order chi connectivity index (χ0) is 18.9. The summed E-state index contributed by atoms with van der Waals surface area (Å²) in [5.41, 5.74) is 8.75. The SMILES string of the molecule is C=C/C=C(/C)C=C.CC.N#Cc1c(N)sc2c1CCC1(C2)OCCO1. The average molecular weight is 361 g/mol. The summed E-state index contributed by atoms with van der Waals surface area (Å²) >= 11 is 1.50. The van der Waals surface area contributed by atoms with E-state index in [1.54, 1.807) is 12.2 Å². The Balaban J connectivity index is 0.000000297. The van der Waals surface area contributed by atoms with E-state index in [2.05, 4.69) is 19.2 Å². The number of thiophene rings is 1. The highest BCUT2D eigenvalue weighted by Crippen LogP contribution is 2.42. The maximum Gasteiger partial charge on any atom is 0.173 e. The van der Waals surface area contributed by atoms with Gasteiger partial charge in [-0.3, -0.25) is 0 Å². The number of allylic oxidation sites excluding steroid dienone is 4. The number of fused-ring (bicyclic) bond motifs is 1. The first-order valence-corrected chi connectivity index (χ1v) is 9.36. The second-order valence-corrected chi connectivity index (χ2v) is 6.63. The summed E-state index contributed by atoms with van der Waals surface area (Å²) < 4.78 is 11.4. The van der Waals surface area contributed by atoms with E-state index in [1.807, 2.05) is 26.8 Å². The van der Waals surface area contributed by atoms with Gasteiger partial charge in [0.15, 0.2) is 5.79 Å². The van der Waals surface area contributed by atoms with Crippen molar-refractivity contribution >= 4 is 16.3 Å². The maximum absolute atomic E-state index is 9.03. The molecule has 5 heteroatoms. The molecule has 0 aromatic carbocycles. The van der Waals surface area contributed by atoms with Gasteiger partial charge < -0.3 is 15.2 Å². The molecule has 2 aliphatic rings. The van der Waals surface area contributed by atoms with Crippen LogP contribution in [-0.4, -0.2) is 19.0 Å². The summed E-state index contributed by atoms with van der Waals surface area (Å²) in [5, 5.41) is 9.66. The number of nitrogen functional groups attached to an aromatic ring is 1. The van der Waals surface area contributed by atoms with Crippen LogP contribution >= 0.6 is 11.3 Å². The molecule has 0 unspecified atom stereocenters. The van der Waals surface area contributed by atoms with E-state index in [4.69, 9.17) is 20.5 Å². The van der Waals surface area contributed by atoms with Crippen LogP contribution in [0.15, 0.2) is 37.0 Å². The minimum absolute atomic E-state index is 0.434. The van der Waals surface area contributed by atoms with Gasteiger partial charge in [-0.05, 0) is 18.9 Å². The predicted molar refractivity (Wildman–Crippen MR) is 106 cm³/mol. The summed E-state index contributed by atoms with van der Waals surface area (Å²) in [7, 11) is 0. The lowest BCUT2D eigenvalue weighted by Crippen LogP contribution is -2.36. The fourth-order valence-corrected chi connectivity index (χ4v) is 3.86. The number of nitrogens with zero attached hydrogens (tertiary/aromatic N) is 1. The third-order valence-corrected chi connectivity index (χ3v) is 4.99.